The molecule has 0 aliphatic carbocycles. The standard InChI is InChI=1S/C23H26N2O4/c1-17(14-23(27)28)29-16-24-13-12-22(26)25-15-20-8-3-2-6-18(20)10-11-19-7-4-5-9-21(19)25/h2-11,17,24H,12-16H2,1H3,(H,27,28)/b11-10-. The molecule has 1 unspecified atom stereocenters. The molecule has 0 fully saturated rings. The molecular weight excluding hydrogens is 368 g/mol. The van der Waals surface area contributed by atoms with E-state index in [2.05, 4.69) is 17.5 Å². The third-order valence-electron chi connectivity index (χ3n) is 4.80. The van der Waals surface area contributed by atoms with Crippen molar-refractivity contribution in [2.24, 2.45) is 0 Å². The number of aliphatic carboxylic acids is 1. The Morgan fingerprint density at radius 2 is 1.79 bits per heavy atom. The number of carboxylic acid groups (broad SMARTS) is 1. The molecule has 1 aliphatic rings. The van der Waals surface area contributed by atoms with Crippen LogP contribution in [0.1, 0.15) is 36.5 Å². The lowest BCUT2D eigenvalue weighted by Gasteiger charge is -2.27. The molecule has 3 rings (SSSR count). The molecule has 0 bridgehead atoms. The molecular formula is C23H26N2O4. The van der Waals surface area contributed by atoms with Crippen LogP contribution in [-0.4, -0.2) is 36.4 Å². The maximum Gasteiger partial charge on any atom is 0.305 e. The highest BCUT2D eigenvalue weighted by Crippen LogP contribution is 2.29. The number of rotatable bonds is 8. The molecule has 0 aromatic heterocycles. The Morgan fingerprint density at radius 3 is 2.59 bits per heavy atom. The van der Waals surface area contributed by atoms with E-state index >= 15 is 0 Å². The van der Waals surface area contributed by atoms with Crippen molar-refractivity contribution in [2.45, 2.75) is 32.4 Å². The number of hydrogen-bond donors (Lipinski definition) is 2. The van der Waals surface area contributed by atoms with Crippen molar-refractivity contribution in [3.63, 3.8) is 0 Å². The number of nitrogens with one attached hydrogen (secondary N) is 1. The minimum atomic E-state index is -0.891. The minimum Gasteiger partial charge on any atom is -0.481 e. The topological polar surface area (TPSA) is 78.9 Å². The maximum atomic E-state index is 13.0. The normalized spacial score (nSPS) is 14.9. The third kappa shape index (κ3) is 5.76. The van der Waals surface area contributed by atoms with Gasteiger partial charge in [0.1, 0.15) is 0 Å². The number of carbonyl (C=O) groups excluding carboxylic acids is 1. The number of benzene rings is 2. The number of hydrogen-bond acceptors (Lipinski definition) is 4. The quantitative estimate of drug-likeness (QED) is 0.529. The van der Waals surface area contributed by atoms with Crippen LogP contribution in [0, 0.1) is 0 Å². The molecule has 0 saturated heterocycles. The van der Waals surface area contributed by atoms with E-state index < -0.39 is 5.97 Å². The zero-order valence-electron chi connectivity index (χ0n) is 16.5. The summed E-state index contributed by atoms with van der Waals surface area (Å²) in [6.45, 7) is 2.89. The summed E-state index contributed by atoms with van der Waals surface area (Å²) in [4.78, 5) is 25.5. The van der Waals surface area contributed by atoms with Crippen LogP contribution in [0.2, 0.25) is 0 Å². The first-order chi connectivity index (χ1) is 14.0. The smallest absolute Gasteiger partial charge is 0.305 e. The lowest BCUT2D eigenvalue weighted by atomic mass is 10.0. The van der Waals surface area contributed by atoms with Gasteiger partial charge in [-0.25, -0.2) is 0 Å². The van der Waals surface area contributed by atoms with Gasteiger partial charge in [0, 0.05) is 13.0 Å². The number of carboxylic acids is 1. The Labute approximate surface area is 170 Å². The van der Waals surface area contributed by atoms with E-state index in [4.69, 9.17) is 9.84 Å². The lowest BCUT2D eigenvalue weighted by molar-refractivity contribution is -0.140. The van der Waals surface area contributed by atoms with E-state index in [1.165, 1.54) is 0 Å². The Hall–Kier alpha value is -2.96. The van der Waals surface area contributed by atoms with Crippen molar-refractivity contribution in [1.29, 1.82) is 0 Å². The van der Waals surface area contributed by atoms with Crippen LogP contribution in [-0.2, 0) is 20.9 Å². The van der Waals surface area contributed by atoms with E-state index in [1.807, 2.05) is 53.4 Å². The molecule has 2 N–H and O–H groups in total. The number of nitrogens with zero attached hydrogens (tertiary/aromatic N) is 1. The minimum absolute atomic E-state index is 0.0219. The van der Waals surface area contributed by atoms with Crippen molar-refractivity contribution in [3.05, 3.63) is 65.2 Å². The summed E-state index contributed by atoms with van der Waals surface area (Å²) in [6.07, 6.45) is 4.03. The van der Waals surface area contributed by atoms with E-state index in [9.17, 15) is 9.59 Å². The van der Waals surface area contributed by atoms with Gasteiger partial charge in [-0.15, -0.1) is 0 Å². The Kier molecular flexibility index (Phi) is 7.16. The van der Waals surface area contributed by atoms with Gasteiger partial charge >= 0.3 is 5.97 Å². The maximum absolute atomic E-state index is 13.0. The van der Waals surface area contributed by atoms with E-state index in [0.717, 1.165) is 22.4 Å². The molecule has 1 atom stereocenters. The Morgan fingerprint density at radius 1 is 1.10 bits per heavy atom. The summed E-state index contributed by atoms with van der Waals surface area (Å²) in [5.74, 6) is -0.869. The molecule has 1 heterocycles. The van der Waals surface area contributed by atoms with Gasteiger partial charge in [0.15, 0.2) is 0 Å². The van der Waals surface area contributed by atoms with Crippen molar-refractivity contribution >= 4 is 29.7 Å². The van der Waals surface area contributed by atoms with E-state index in [1.54, 1.807) is 6.92 Å². The van der Waals surface area contributed by atoms with Crippen LogP contribution in [0.25, 0.3) is 12.2 Å². The van der Waals surface area contributed by atoms with Crippen LogP contribution in [0.5, 0.6) is 0 Å². The first-order valence-corrected chi connectivity index (χ1v) is 9.74. The summed E-state index contributed by atoms with van der Waals surface area (Å²) in [7, 11) is 0. The number of carbonyl (C=O) groups is 2. The van der Waals surface area contributed by atoms with Crippen LogP contribution < -0.4 is 10.2 Å². The molecule has 0 radical (unpaired) electrons. The predicted octanol–water partition coefficient (Wildman–Crippen LogP) is 3.52. The van der Waals surface area contributed by atoms with E-state index in [0.29, 0.717) is 19.5 Å². The number of ether oxygens (including phenoxy) is 1. The molecule has 1 amide bonds. The first-order valence-electron chi connectivity index (χ1n) is 9.74. The second kappa shape index (κ2) is 10.0. The fourth-order valence-corrected chi connectivity index (χ4v) is 3.28. The average Bonchev–Trinajstić information content (AvgIpc) is 2.68. The van der Waals surface area contributed by atoms with Crippen LogP contribution in [0.15, 0.2) is 48.5 Å². The Bertz CT molecular complexity index is 894. The molecule has 1 aliphatic heterocycles. The van der Waals surface area contributed by atoms with Crippen molar-refractivity contribution < 1.29 is 19.4 Å². The third-order valence-corrected chi connectivity index (χ3v) is 4.80. The van der Waals surface area contributed by atoms with Gasteiger partial charge in [0.05, 0.1) is 31.5 Å². The monoisotopic (exact) mass is 394 g/mol. The number of fused-ring (bicyclic) bond motifs is 2. The molecule has 29 heavy (non-hydrogen) atoms. The van der Waals surface area contributed by atoms with Gasteiger partial charge in [-0.3, -0.25) is 14.9 Å². The number of para-hydroxylation sites is 1. The highest BCUT2D eigenvalue weighted by molar-refractivity contribution is 5.97. The molecule has 152 valence electrons. The zero-order valence-corrected chi connectivity index (χ0v) is 16.5. The highest BCUT2D eigenvalue weighted by Gasteiger charge is 2.20. The first kappa shape index (κ1) is 20.8. The molecule has 0 saturated carbocycles. The molecule has 2 aromatic carbocycles. The van der Waals surface area contributed by atoms with Gasteiger partial charge in [0.2, 0.25) is 5.91 Å². The highest BCUT2D eigenvalue weighted by atomic mass is 16.5. The van der Waals surface area contributed by atoms with Crippen LogP contribution >= 0.6 is 0 Å². The van der Waals surface area contributed by atoms with Gasteiger partial charge in [0.25, 0.3) is 0 Å². The molecule has 6 nitrogen and oxygen atoms in total. The Balaban J connectivity index is 1.63. The number of amides is 1. The molecule has 2 aromatic rings. The van der Waals surface area contributed by atoms with Crippen molar-refractivity contribution in [1.82, 2.24) is 5.32 Å². The van der Waals surface area contributed by atoms with E-state index in [-0.39, 0.29) is 25.2 Å². The van der Waals surface area contributed by atoms with Gasteiger partial charge in [-0.05, 0) is 29.7 Å². The summed E-state index contributed by atoms with van der Waals surface area (Å²) in [6, 6.07) is 16.0. The SMILES string of the molecule is CC(CC(=O)O)OCNCCC(=O)N1Cc2ccccc2/C=C\c2ccccc21. The molecule has 6 heteroatoms. The van der Waals surface area contributed by atoms with Gasteiger partial charge in [-0.2, -0.15) is 0 Å². The lowest BCUT2D eigenvalue weighted by Crippen LogP contribution is -2.34. The summed E-state index contributed by atoms with van der Waals surface area (Å²) >= 11 is 0. The fraction of sp³-hybridized carbons (Fsp3) is 0.304. The zero-order chi connectivity index (χ0) is 20.6. The summed E-state index contributed by atoms with van der Waals surface area (Å²) in [5.41, 5.74) is 4.12. The molecule has 0 spiro atoms. The summed E-state index contributed by atoms with van der Waals surface area (Å²) < 4.78 is 5.39. The largest absolute Gasteiger partial charge is 0.481 e. The van der Waals surface area contributed by atoms with Gasteiger partial charge < -0.3 is 14.7 Å². The average molecular weight is 394 g/mol. The van der Waals surface area contributed by atoms with Gasteiger partial charge in [-0.1, -0.05) is 54.6 Å². The summed E-state index contributed by atoms with van der Waals surface area (Å²) in [5, 5.41) is 11.8. The number of anilines is 1. The second-order valence-electron chi connectivity index (χ2n) is 7.04. The van der Waals surface area contributed by atoms with Crippen molar-refractivity contribution in [2.75, 3.05) is 18.2 Å². The predicted molar refractivity (Wildman–Crippen MR) is 113 cm³/mol. The van der Waals surface area contributed by atoms with Crippen LogP contribution in [0.4, 0.5) is 5.69 Å². The van der Waals surface area contributed by atoms with Crippen molar-refractivity contribution in [3.8, 4) is 0 Å². The fourth-order valence-electron chi connectivity index (χ4n) is 3.28. The second-order valence-corrected chi connectivity index (χ2v) is 7.04. The van der Waals surface area contributed by atoms with Crippen LogP contribution in [0.3, 0.4) is 0 Å².